The Balaban J connectivity index is 3.05. The third kappa shape index (κ3) is 3.10. The second kappa shape index (κ2) is 4.99. The van der Waals surface area contributed by atoms with Crippen molar-refractivity contribution in [3.8, 4) is 6.07 Å². The van der Waals surface area contributed by atoms with Crippen molar-refractivity contribution in [3.63, 3.8) is 0 Å². The molecule has 1 aromatic rings. The smallest absolute Gasteiger partial charge is 0.115 e. The average Bonchev–Trinajstić information content (AvgIpc) is 2.13. The van der Waals surface area contributed by atoms with Gasteiger partial charge in [0, 0.05) is 11.4 Å². The van der Waals surface area contributed by atoms with Gasteiger partial charge in [-0.3, -0.25) is 0 Å². The van der Waals surface area contributed by atoms with E-state index in [9.17, 15) is 0 Å². The molecule has 0 aliphatic carbocycles. The molecular formula is C12H14N2S. The summed E-state index contributed by atoms with van der Waals surface area (Å²) in [6.07, 6.45) is 0. The summed E-state index contributed by atoms with van der Waals surface area (Å²) in [5.41, 5.74) is 3.72. The first-order valence-corrected chi connectivity index (χ1v) is 5.68. The zero-order valence-corrected chi connectivity index (χ0v) is 10.1. The summed E-state index contributed by atoms with van der Waals surface area (Å²) in [4.78, 5) is 4.38. The van der Waals surface area contributed by atoms with Crippen LogP contribution in [0.3, 0.4) is 0 Å². The number of nitriles is 1. The van der Waals surface area contributed by atoms with Gasteiger partial charge in [0.05, 0.1) is 5.56 Å². The molecule has 0 fully saturated rings. The Morgan fingerprint density at radius 1 is 1.60 bits per heavy atom. The van der Waals surface area contributed by atoms with E-state index >= 15 is 0 Å². The molecule has 1 heterocycles. The molecule has 0 bridgehead atoms. The minimum absolute atomic E-state index is 0.687. The normalized spacial score (nSPS) is 9.73. The van der Waals surface area contributed by atoms with Gasteiger partial charge in [0.2, 0.25) is 0 Å². The largest absolute Gasteiger partial charge is 0.245 e. The monoisotopic (exact) mass is 218 g/mol. The predicted octanol–water partition coefficient (Wildman–Crippen LogP) is 3.24. The van der Waals surface area contributed by atoms with Crippen molar-refractivity contribution in [2.75, 3.05) is 5.75 Å². The summed E-state index contributed by atoms with van der Waals surface area (Å²) in [6.45, 7) is 9.70. The Morgan fingerprint density at radius 3 is 2.80 bits per heavy atom. The molecule has 15 heavy (non-hydrogen) atoms. The van der Waals surface area contributed by atoms with Crippen LogP contribution < -0.4 is 0 Å². The van der Waals surface area contributed by atoms with Gasteiger partial charge < -0.3 is 0 Å². The van der Waals surface area contributed by atoms with Gasteiger partial charge in [0.1, 0.15) is 11.1 Å². The molecule has 0 unspecified atom stereocenters. The fourth-order valence-electron chi connectivity index (χ4n) is 1.23. The molecule has 0 spiro atoms. The second-order valence-corrected chi connectivity index (χ2v) is 4.58. The van der Waals surface area contributed by atoms with E-state index in [4.69, 9.17) is 5.26 Å². The summed E-state index contributed by atoms with van der Waals surface area (Å²) >= 11 is 1.57. The Morgan fingerprint density at radius 2 is 2.27 bits per heavy atom. The SMILES string of the molecule is C=C(C)CSc1nc(C)cc(C)c1C#N. The Kier molecular flexibility index (Phi) is 3.93. The number of nitrogens with zero attached hydrogens (tertiary/aromatic N) is 2. The van der Waals surface area contributed by atoms with Crippen LogP contribution in [-0.4, -0.2) is 10.7 Å². The molecule has 2 nitrogen and oxygen atoms in total. The summed E-state index contributed by atoms with van der Waals surface area (Å²) in [5, 5.41) is 9.85. The molecule has 1 aromatic heterocycles. The van der Waals surface area contributed by atoms with E-state index in [1.165, 1.54) is 0 Å². The quantitative estimate of drug-likeness (QED) is 0.577. The van der Waals surface area contributed by atoms with Gasteiger partial charge in [0.25, 0.3) is 0 Å². The number of rotatable bonds is 3. The van der Waals surface area contributed by atoms with E-state index < -0.39 is 0 Å². The molecule has 78 valence electrons. The third-order valence-corrected chi connectivity index (χ3v) is 3.08. The lowest BCUT2D eigenvalue weighted by molar-refractivity contribution is 1.03. The van der Waals surface area contributed by atoms with Crippen LogP contribution in [0.5, 0.6) is 0 Å². The molecule has 0 aliphatic rings. The molecule has 1 rings (SSSR count). The number of hydrogen-bond donors (Lipinski definition) is 0. The fourth-order valence-corrected chi connectivity index (χ4v) is 2.18. The van der Waals surface area contributed by atoms with E-state index in [1.807, 2.05) is 26.8 Å². The van der Waals surface area contributed by atoms with Crippen LogP contribution in [0.15, 0.2) is 23.2 Å². The topological polar surface area (TPSA) is 36.7 Å². The molecule has 0 aliphatic heterocycles. The molecule has 0 saturated carbocycles. The van der Waals surface area contributed by atoms with Gasteiger partial charge >= 0.3 is 0 Å². The highest BCUT2D eigenvalue weighted by molar-refractivity contribution is 7.99. The highest BCUT2D eigenvalue weighted by Crippen LogP contribution is 2.24. The van der Waals surface area contributed by atoms with E-state index in [-0.39, 0.29) is 0 Å². The fraction of sp³-hybridized carbons (Fsp3) is 0.333. The van der Waals surface area contributed by atoms with E-state index in [0.29, 0.717) is 5.56 Å². The molecule has 0 amide bonds. The Bertz CT molecular complexity index is 430. The van der Waals surface area contributed by atoms with Crippen molar-refractivity contribution in [2.45, 2.75) is 25.8 Å². The first-order chi connectivity index (χ1) is 7.04. The maximum Gasteiger partial charge on any atom is 0.115 e. The van der Waals surface area contributed by atoms with E-state index in [2.05, 4.69) is 17.6 Å². The number of aromatic nitrogens is 1. The van der Waals surface area contributed by atoms with Gasteiger partial charge in [-0.25, -0.2) is 4.98 Å². The lowest BCUT2D eigenvalue weighted by Gasteiger charge is -2.06. The molecule has 0 N–H and O–H groups in total. The van der Waals surface area contributed by atoms with Crippen LogP contribution >= 0.6 is 11.8 Å². The summed E-state index contributed by atoms with van der Waals surface area (Å²) in [6, 6.07) is 4.14. The van der Waals surface area contributed by atoms with Crippen LogP contribution in [-0.2, 0) is 0 Å². The van der Waals surface area contributed by atoms with Crippen LogP contribution in [0.25, 0.3) is 0 Å². The maximum atomic E-state index is 9.03. The van der Waals surface area contributed by atoms with Crippen LogP contribution in [0.2, 0.25) is 0 Å². The molecule has 3 heteroatoms. The van der Waals surface area contributed by atoms with Gasteiger partial charge in [-0.15, -0.1) is 11.8 Å². The standard InChI is InChI=1S/C12H14N2S/c1-8(2)7-15-12-11(6-13)9(3)5-10(4)14-12/h5H,1,7H2,2-4H3. The summed E-state index contributed by atoms with van der Waals surface area (Å²) in [5.74, 6) is 0.810. The molecule has 0 radical (unpaired) electrons. The van der Waals surface area contributed by atoms with Crippen molar-refractivity contribution < 1.29 is 0 Å². The van der Waals surface area contributed by atoms with Crippen molar-refractivity contribution in [2.24, 2.45) is 0 Å². The first-order valence-electron chi connectivity index (χ1n) is 4.70. The summed E-state index contributed by atoms with van der Waals surface area (Å²) < 4.78 is 0. The van der Waals surface area contributed by atoms with Gasteiger partial charge in [0.15, 0.2) is 0 Å². The third-order valence-electron chi connectivity index (χ3n) is 1.88. The van der Waals surface area contributed by atoms with Crippen LogP contribution in [0.1, 0.15) is 23.7 Å². The number of aryl methyl sites for hydroxylation is 2. The van der Waals surface area contributed by atoms with Crippen molar-refractivity contribution in [1.29, 1.82) is 5.26 Å². The Hall–Kier alpha value is -1.27. The van der Waals surface area contributed by atoms with Gasteiger partial charge in [-0.05, 0) is 32.4 Å². The van der Waals surface area contributed by atoms with Gasteiger partial charge in [-0.1, -0.05) is 12.2 Å². The zero-order chi connectivity index (χ0) is 11.4. The molecular weight excluding hydrogens is 204 g/mol. The molecule has 0 aromatic carbocycles. The minimum Gasteiger partial charge on any atom is -0.245 e. The minimum atomic E-state index is 0.687. The van der Waals surface area contributed by atoms with Crippen LogP contribution in [0.4, 0.5) is 0 Å². The number of hydrogen-bond acceptors (Lipinski definition) is 3. The maximum absolute atomic E-state index is 9.03. The Labute approximate surface area is 95.0 Å². The lowest BCUT2D eigenvalue weighted by atomic mass is 10.1. The predicted molar refractivity (Wildman–Crippen MR) is 64.0 cm³/mol. The highest BCUT2D eigenvalue weighted by Gasteiger charge is 2.08. The summed E-state index contributed by atoms with van der Waals surface area (Å²) in [7, 11) is 0. The average molecular weight is 218 g/mol. The molecule has 0 saturated heterocycles. The van der Waals surface area contributed by atoms with Crippen molar-refractivity contribution >= 4 is 11.8 Å². The number of thioether (sulfide) groups is 1. The van der Waals surface area contributed by atoms with Gasteiger partial charge in [-0.2, -0.15) is 5.26 Å². The van der Waals surface area contributed by atoms with E-state index in [1.54, 1.807) is 11.8 Å². The zero-order valence-electron chi connectivity index (χ0n) is 9.29. The van der Waals surface area contributed by atoms with Crippen molar-refractivity contribution in [1.82, 2.24) is 4.98 Å². The van der Waals surface area contributed by atoms with Crippen LogP contribution in [0, 0.1) is 25.2 Å². The lowest BCUT2D eigenvalue weighted by Crippen LogP contribution is -1.95. The van der Waals surface area contributed by atoms with E-state index in [0.717, 1.165) is 27.6 Å². The molecule has 0 atom stereocenters. The highest BCUT2D eigenvalue weighted by atomic mass is 32.2. The second-order valence-electron chi connectivity index (χ2n) is 3.62. The number of pyridine rings is 1. The van der Waals surface area contributed by atoms with Crippen molar-refractivity contribution in [3.05, 3.63) is 35.0 Å². The first kappa shape index (κ1) is 11.8.